The van der Waals surface area contributed by atoms with Crippen LogP contribution in [0.1, 0.15) is 11.1 Å². The standard InChI is InChI=1S/C19H13Br2FN2O4/c1-28-16-11(6-12(20)8-15(16)21)7-14-17(25)23-19(27)24(18(14)26)9-10-2-4-13(22)5-3-10/h2-8H,9H2,1H3,(H,23,25,27). The van der Waals surface area contributed by atoms with Crippen LogP contribution < -0.4 is 10.1 Å². The Kier molecular flexibility index (Phi) is 5.95. The van der Waals surface area contributed by atoms with Gasteiger partial charge in [-0.2, -0.15) is 0 Å². The normalized spacial score (nSPS) is 15.8. The van der Waals surface area contributed by atoms with E-state index in [4.69, 9.17) is 4.74 Å². The summed E-state index contributed by atoms with van der Waals surface area (Å²) in [5, 5.41) is 2.15. The van der Waals surface area contributed by atoms with Gasteiger partial charge in [-0.25, -0.2) is 9.18 Å². The number of methoxy groups -OCH3 is 1. The fraction of sp³-hybridized carbons (Fsp3) is 0.105. The number of carbonyl (C=O) groups excluding carboxylic acids is 3. The topological polar surface area (TPSA) is 75.7 Å². The van der Waals surface area contributed by atoms with Crippen molar-refractivity contribution in [3.05, 3.63) is 67.9 Å². The van der Waals surface area contributed by atoms with E-state index in [-0.39, 0.29) is 12.1 Å². The number of carbonyl (C=O) groups is 3. The minimum atomic E-state index is -0.834. The first kappa shape index (κ1) is 20.2. The van der Waals surface area contributed by atoms with Crippen LogP contribution in [0.3, 0.4) is 0 Å². The van der Waals surface area contributed by atoms with E-state index in [9.17, 15) is 18.8 Å². The Balaban J connectivity index is 1.98. The number of hydrogen-bond acceptors (Lipinski definition) is 4. The Hall–Kier alpha value is -2.52. The predicted octanol–water partition coefficient (Wildman–Crippen LogP) is 4.02. The van der Waals surface area contributed by atoms with Gasteiger partial charge in [0.2, 0.25) is 0 Å². The molecule has 0 aromatic heterocycles. The Morgan fingerprint density at radius 3 is 2.46 bits per heavy atom. The number of nitrogens with one attached hydrogen (secondary N) is 1. The van der Waals surface area contributed by atoms with Crippen molar-refractivity contribution in [2.45, 2.75) is 6.54 Å². The zero-order chi connectivity index (χ0) is 20.4. The molecule has 0 aliphatic carbocycles. The predicted molar refractivity (Wildman–Crippen MR) is 107 cm³/mol. The first-order valence-corrected chi connectivity index (χ1v) is 9.55. The first-order valence-electron chi connectivity index (χ1n) is 7.96. The number of ether oxygens (including phenoxy) is 1. The second-order valence-electron chi connectivity index (χ2n) is 5.85. The van der Waals surface area contributed by atoms with E-state index in [0.717, 1.165) is 4.90 Å². The lowest BCUT2D eigenvalue weighted by atomic mass is 10.1. The molecule has 6 nitrogen and oxygen atoms in total. The van der Waals surface area contributed by atoms with E-state index in [1.165, 1.54) is 37.5 Å². The van der Waals surface area contributed by atoms with Crippen LogP contribution in [0.5, 0.6) is 5.75 Å². The van der Waals surface area contributed by atoms with E-state index in [2.05, 4.69) is 37.2 Å². The Morgan fingerprint density at radius 1 is 1.14 bits per heavy atom. The molecule has 0 bridgehead atoms. The molecule has 0 unspecified atom stereocenters. The van der Waals surface area contributed by atoms with E-state index < -0.39 is 23.7 Å². The van der Waals surface area contributed by atoms with E-state index in [0.29, 0.717) is 25.8 Å². The molecule has 4 amide bonds. The molecule has 1 saturated heterocycles. The number of barbiturate groups is 1. The van der Waals surface area contributed by atoms with Crippen molar-refractivity contribution in [1.82, 2.24) is 10.2 Å². The molecule has 28 heavy (non-hydrogen) atoms. The maximum Gasteiger partial charge on any atom is 0.331 e. The first-order chi connectivity index (χ1) is 13.3. The molecule has 9 heteroatoms. The number of amides is 4. The number of urea groups is 1. The van der Waals surface area contributed by atoms with Crippen LogP contribution in [0.2, 0.25) is 0 Å². The number of nitrogens with zero attached hydrogens (tertiary/aromatic N) is 1. The molecule has 0 saturated carbocycles. The highest BCUT2D eigenvalue weighted by Crippen LogP contribution is 2.34. The molecular formula is C19H13Br2FN2O4. The van der Waals surface area contributed by atoms with Crippen LogP contribution in [0.4, 0.5) is 9.18 Å². The summed E-state index contributed by atoms with van der Waals surface area (Å²) in [6.07, 6.45) is 1.36. The lowest BCUT2D eigenvalue weighted by Gasteiger charge is -2.26. The summed E-state index contributed by atoms with van der Waals surface area (Å²) in [7, 11) is 1.46. The van der Waals surface area contributed by atoms with Crippen LogP contribution in [-0.2, 0) is 16.1 Å². The summed E-state index contributed by atoms with van der Waals surface area (Å²) in [6, 6.07) is 7.99. The summed E-state index contributed by atoms with van der Waals surface area (Å²) in [4.78, 5) is 38.1. The highest BCUT2D eigenvalue weighted by Gasteiger charge is 2.36. The highest BCUT2D eigenvalue weighted by atomic mass is 79.9. The monoisotopic (exact) mass is 510 g/mol. The lowest BCUT2D eigenvalue weighted by Crippen LogP contribution is -2.53. The quantitative estimate of drug-likeness (QED) is 0.497. The van der Waals surface area contributed by atoms with Crippen LogP contribution in [-0.4, -0.2) is 29.9 Å². The zero-order valence-electron chi connectivity index (χ0n) is 14.5. The van der Waals surface area contributed by atoms with E-state index in [1.54, 1.807) is 12.1 Å². The Morgan fingerprint density at radius 2 is 1.82 bits per heavy atom. The summed E-state index contributed by atoms with van der Waals surface area (Å²) >= 11 is 6.71. The van der Waals surface area contributed by atoms with Crippen molar-refractivity contribution < 1.29 is 23.5 Å². The third-order valence-electron chi connectivity index (χ3n) is 3.98. The van der Waals surface area contributed by atoms with Gasteiger partial charge in [-0.3, -0.25) is 19.8 Å². The second-order valence-corrected chi connectivity index (χ2v) is 7.62. The molecule has 2 aromatic carbocycles. The molecule has 1 N–H and O–H groups in total. The summed E-state index contributed by atoms with van der Waals surface area (Å²) in [5.74, 6) is -1.56. The van der Waals surface area contributed by atoms with Crippen LogP contribution in [0.25, 0.3) is 6.08 Å². The zero-order valence-corrected chi connectivity index (χ0v) is 17.6. The molecule has 1 heterocycles. The average molecular weight is 512 g/mol. The average Bonchev–Trinajstić information content (AvgIpc) is 2.63. The molecule has 1 fully saturated rings. The van der Waals surface area contributed by atoms with E-state index in [1.807, 2.05) is 0 Å². The van der Waals surface area contributed by atoms with Gasteiger partial charge in [-0.15, -0.1) is 0 Å². The molecule has 3 rings (SSSR count). The van der Waals surface area contributed by atoms with Crippen LogP contribution >= 0.6 is 31.9 Å². The molecule has 0 radical (unpaired) electrons. The van der Waals surface area contributed by atoms with Gasteiger partial charge in [0.25, 0.3) is 11.8 Å². The molecule has 0 spiro atoms. The second kappa shape index (κ2) is 8.24. The molecule has 144 valence electrons. The number of rotatable bonds is 4. The number of hydrogen-bond donors (Lipinski definition) is 1. The summed E-state index contributed by atoms with van der Waals surface area (Å²) in [6.45, 7) is -0.102. The SMILES string of the molecule is COc1c(Br)cc(Br)cc1C=C1C(=O)NC(=O)N(Cc2ccc(F)cc2)C1=O. The van der Waals surface area contributed by atoms with Crippen LogP contribution in [0.15, 0.2) is 50.9 Å². The Bertz CT molecular complexity index is 1010. The van der Waals surface area contributed by atoms with Gasteiger partial charge in [-0.05, 0) is 51.8 Å². The van der Waals surface area contributed by atoms with Crippen molar-refractivity contribution in [2.24, 2.45) is 0 Å². The number of benzene rings is 2. The van der Waals surface area contributed by atoms with Crippen molar-refractivity contribution in [3.63, 3.8) is 0 Å². The van der Waals surface area contributed by atoms with Crippen molar-refractivity contribution >= 4 is 55.8 Å². The van der Waals surface area contributed by atoms with Gasteiger partial charge < -0.3 is 4.74 Å². The smallest absolute Gasteiger partial charge is 0.331 e. The molecule has 1 aliphatic heterocycles. The molecule has 1 aliphatic rings. The van der Waals surface area contributed by atoms with Gasteiger partial charge >= 0.3 is 6.03 Å². The van der Waals surface area contributed by atoms with Crippen LogP contribution in [0, 0.1) is 5.82 Å². The molecule has 0 atom stereocenters. The number of imide groups is 2. The Labute approximate surface area is 176 Å². The van der Waals surface area contributed by atoms with Gasteiger partial charge in [0.05, 0.1) is 18.1 Å². The third-order valence-corrected chi connectivity index (χ3v) is 5.03. The van der Waals surface area contributed by atoms with Gasteiger partial charge in [0.1, 0.15) is 17.1 Å². The van der Waals surface area contributed by atoms with Crippen molar-refractivity contribution in [2.75, 3.05) is 7.11 Å². The van der Waals surface area contributed by atoms with Gasteiger partial charge in [0.15, 0.2) is 0 Å². The third kappa shape index (κ3) is 4.15. The van der Waals surface area contributed by atoms with E-state index >= 15 is 0 Å². The van der Waals surface area contributed by atoms with Crippen molar-refractivity contribution in [3.8, 4) is 5.75 Å². The van der Waals surface area contributed by atoms with Crippen molar-refractivity contribution in [1.29, 1.82) is 0 Å². The molecule has 2 aromatic rings. The fourth-order valence-corrected chi connectivity index (χ4v) is 4.09. The number of halogens is 3. The maximum atomic E-state index is 13.1. The largest absolute Gasteiger partial charge is 0.495 e. The maximum absolute atomic E-state index is 13.1. The molecular weight excluding hydrogens is 499 g/mol. The lowest BCUT2D eigenvalue weighted by molar-refractivity contribution is -0.130. The highest BCUT2D eigenvalue weighted by molar-refractivity contribution is 9.11. The fourth-order valence-electron chi connectivity index (χ4n) is 2.67. The van der Waals surface area contributed by atoms with Gasteiger partial charge in [-0.1, -0.05) is 28.1 Å². The minimum Gasteiger partial charge on any atom is -0.495 e. The minimum absolute atomic E-state index is 0.102. The summed E-state index contributed by atoms with van der Waals surface area (Å²) in [5.41, 5.74) is 0.796. The summed E-state index contributed by atoms with van der Waals surface area (Å²) < 4.78 is 19.7. The van der Waals surface area contributed by atoms with Gasteiger partial charge in [0, 0.05) is 10.0 Å².